The van der Waals surface area contributed by atoms with Crippen molar-refractivity contribution in [2.24, 2.45) is 0 Å². The van der Waals surface area contributed by atoms with Gasteiger partial charge in [-0.3, -0.25) is 0 Å². The SMILES string of the molecule is CN(C)CCCN(C)CCSc1ccccc1. The molecule has 0 aromatic heterocycles. The second kappa shape index (κ2) is 8.56. The Hall–Kier alpha value is -0.510. The molecule has 0 saturated heterocycles. The summed E-state index contributed by atoms with van der Waals surface area (Å²) in [6.45, 7) is 3.52. The van der Waals surface area contributed by atoms with E-state index in [-0.39, 0.29) is 0 Å². The molecule has 0 heterocycles. The maximum Gasteiger partial charge on any atom is 0.0108 e. The lowest BCUT2D eigenvalue weighted by molar-refractivity contribution is 0.313. The number of hydrogen-bond donors (Lipinski definition) is 0. The second-order valence-electron chi connectivity index (χ2n) is 4.62. The highest BCUT2D eigenvalue weighted by molar-refractivity contribution is 7.99. The molecule has 0 amide bonds. The molecule has 2 nitrogen and oxygen atoms in total. The van der Waals surface area contributed by atoms with Crippen LogP contribution >= 0.6 is 11.8 Å². The van der Waals surface area contributed by atoms with Gasteiger partial charge in [-0.15, -0.1) is 11.8 Å². The van der Waals surface area contributed by atoms with Gasteiger partial charge in [-0.05, 0) is 52.8 Å². The Morgan fingerprint density at radius 2 is 1.65 bits per heavy atom. The zero-order chi connectivity index (χ0) is 12.5. The Morgan fingerprint density at radius 3 is 2.29 bits per heavy atom. The number of thioether (sulfide) groups is 1. The maximum absolute atomic E-state index is 2.42. The third-order valence-electron chi connectivity index (χ3n) is 2.63. The summed E-state index contributed by atoms with van der Waals surface area (Å²) in [6, 6.07) is 10.6. The van der Waals surface area contributed by atoms with Crippen molar-refractivity contribution in [2.75, 3.05) is 46.5 Å². The Labute approximate surface area is 110 Å². The van der Waals surface area contributed by atoms with Gasteiger partial charge in [0, 0.05) is 17.2 Å². The normalized spacial score (nSPS) is 11.4. The van der Waals surface area contributed by atoms with Crippen molar-refractivity contribution in [2.45, 2.75) is 11.3 Å². The summed E-state index contributed by atoms with van der Waals surface area (Å²) >= 11 is 1.94. The van der Waals surface area contributed by atoms with Crippen molar-refractivity contribution in [3.8, 4) is 0 Å². The number of benzene rings is 1. The summed E-state index contributed by atoms with van der Waals surface area (Å²) in [5.41, 5.74) is 0. The van der Waals surface area contributed by atoms with Crippen LogP contribution < -0.4 is 0 Å². The van der Waals surface area contributed by atoms with E-state index in [9.17, 15) is 0 Å². The molecule has 96 valence electrons. The molecule has 0 spiro atoms. The van der Waals surface area contributed by atoms with Gasteiger partial charge in [0.1, 0.15) is 0 Å². The summed E-state index contributed by atoms with van der Waals surface area (Å²) in [5.74, 6) is 1.17. The van der Waals surface area contributed by atoms with Gasteiger partial charge >= 0.3 is 0 Å². The van der Waals surface area contributed by atoms with Crippen molar-refractivity contribution in [3.05, 3.63) is 30.3 Å². The Morgan fingerprint density at radius 1 is 0.941 bits per heavy atom. The average molecular weight is 252 g/mol. The Bertz CT molecular complexity index is 288. The van der Waals surface area contributed by atoms with Gasteiger partial charge in [0.05, 0.1) is 0 Å². The lowest BCUT2D eigenvalue weighted by Gasteiger charge is -2.17. The maximum atomic E-state index is 2.42. The van der Waals surface area contributed by atoms with Gasteiger partial charge in [-0.25, -0.2) is 0 Å². The summed E-state index contributed by atoms with van der Waals surface area (Å²) < 4.78 is 0. The zero-order valence-corrected chi connectivity index (χ0v) is 12.0. The highest BCUT2D eigenvalue weighted by atomic mass is 32.2. The van der Waals surface area contributed by atoms with Crippen LogP contribution in [0.3, 0.4) is 0 Å². The van der Waals surface area contributed by atoms with E-state index in [0.29, 0.717) is 0 Å². The molecule has 0 N–H and O–H groups in total. The molecule has 1 aromatic carbocycles. The molecule has 0 saturated carbocycles. The van der Waals surface area contributed by atoms with E-state index >= 15 is 0 Å². The van der Waals surface area contributed by atoms with Crippen LogP contribution in [0.5, 0.6) is 0 Å². The molecule has 0 fully saturated rings. The highest BCUT2D eigenvalue weighted by Gasteiger charge is 1.99. The van der Waals surface area contributed by atoms with Crippen LogP contribution in [0.2, 0.25) is 0 Å². The number of nitrogens with zero attached hydrogens (tertiary/aromatic N) is 2. The third-order valence-corrected chi connectivity index (χ3v) is 3.62. The highest BCUT2D eigenvalue weighted by Crippen LogP contribution is 2.16. The molecule has 17 heavy (non-hydrogen) atoms. The van der Waals surface area contributed by atoms with Crippen LogP contribution in [-0.2, 0) is 0 Å². The molecular formula is C14H24N2S. The smallest absolute Gasteiger partial charge is 0.0108 e. The molecule has 0 radical (unpaired) electrons. The quantitative estimate of drug-likeness (QED) is 0.657. The first kappa shape index (κ1) is 14.6. The van der Waals surface area contributed by atoms with Crippen LogP contribution in [0.15, 0.2) is 35.2 Å². The minimum atomic E-state index is 1.16. The van der Waals surface area contributed by atoms with Crippen LogP contribution in [0, 0.1) is 0 Å². The van der Waals surface area contributed by atoms with Crippen molar-refractivity contribution < 1.29 is 0 Å². The van der Waals surface area contributed by atoms with Crippen LogP contribution in [0.4, 0.5) is 0 Å². The van der Waals surface area contributed by atoms with Crippen molar-refractivity contribution in [3.63, 3.8) is 0 Å². The minimum absolute atomic E-state index is 1.16. The lowest BCUT2D eigenvalue weighted by atomic mass is 10.4. The predicted octanol–water partition coefficient (Wildman–Crippen LogP) is 2.66. The fourth-order valence-corrected chi connectivity index (χ4v) is 2.59. The summed E-state index contributed by atoms with van der Waals surface area (Å²) in [5, 5.41) is 0. The van der Waals surface area contributed by atoms with E-state index in [1.807, 2.05) is 11.8 Å². The summed E-state index contributed by atoms with van der Waals surface area (Å²) in [4.78, 5) is 6.03. The van der Waals surface area contributed by atoms with E-state index in [4.69, 9.17) is 0 Å². The van der Waals surface area contributed by atoms with Gasteiger partial charge in [-0.1, -0.05) is 18.2 Å². The number of rotatable bonds is 8. The molecule has 1 aromatic rings. The first-order valence-corrected chi connectivity index (χ1v) is 7.18. The molecule has 0 atom stereocenters. The van der Waals surface area contributed by atoms with Gasteiger partial charge in [-0.2, -0.15) is 0 Å². The molecule has 3 heteroatoms. The molecule has 1 rings (SSSR count). The van der Waals surface area contributed by atoms with E-state index in [1.54, 1.807) is 0 Å². The van der Waals surface area contributed by atoms with Crippen LogP contribution in [0.25, 0.3) is 0 Å². The average Bonchev–Trinajstić information content (AvgIpc) is 2.30. The lowest BCUT2D eigenvalue weighted by Crippen LogP contribution is -2.25. The molecule has 0 bridgehead atoms. The van der Waals surface area contributed by atoms with Gasteiger partial charge in [0.15, 0.2) is 0 Å². The molecule has 0 aliphatic heterocycles. The largest absolute Gasteiger partial charge is 0.309 e. The van der Waals surface area contributed by atoms with Crippen LogP contribution in [0.1, 0.15) is 6.42 Å². The van der Waals surface area contributed by atoms with Gasteiger partial charge in [0.2, 0.25) is 0 Å². The van der Waals surface area contributed by atoms with E-state index in [2.05, 4.69) is 61.3 Å². The fraction of sp³-hybridized carbons (Fsp3) is 0.571. The van der Waals surface area contributed by atoms with E-state index in [1.165, 1.54) is 30.2 Å². The fourth-order valence-electron chi connectivity index (χ4n) is 1.60. The summed E-state index contributed by atoms with van der Waals surface area (Å²) in [6.07, 6.45) is 1.25. The van der Waals surface area contributed by atoms with E-state index in [0.717, 1.165) is 6.54 Å². The van der Waals surface area contributed by atoms with Crippen molar-refractivity contribution in [1.29, 1.82) is 0 Å². The topological polar surface area (TPSA) is 6.48 Å². The van der Waals surface area contributed by atoms with Crippen molar-refractivity contribution in [1.82, 2.24) is 9.80 Å². The third kappa shape index (κ3) is 7.42. The molecule has 0 unspecified atom stereocenters. The monoisotopic (exact) mass is 252 g/mol. The Balaban J connectivity index is 2.06. The zero-order valence-electron chi connectivity index (χ0n) is 11.2. The second-order valence-corrected chi connectivity index (χ2v) is 5.79. The minimum Gasteiger partial charge on any atom is -0.309 e. The standard InChI is InChI=1S/C14H24N2S/c1-15(2)10-7-11-16(3)12-13-17-14-8-5-4-6-9-14/h4-6,8-9H,7,10-13H2,1-3H3. The Kier molecular flexibility index (Phi) is 7.33. The molecule has 0 aliphatic carbocycles. The predicted molar refractivity (Wildman–Crippen MR) is 77.8 cm³/mol. The van der Waals surface area contributed by atoms with E-state index < -0.39 is 0 Å². The van der Waals surface area contributed by atoms with Gasteiger partial charge < -0.3 is 9.80 Å². The van der Waals surface area contributed by atoms with Crippen LogP contribution in [-0.4, -0.2) is 56.3 Å². The molecule has 0 aliphatic rings. The van der Waals surface area contributed by atoms with Gasteiger partial charge in [0.25, 0.3) is 0 Å². The first-order valence-electron chi connectivity index (χ1n) is 6.19. The first-order chi connectivity index (χ1) is 8.18. The van der Waals surface area contributed by atoms with Crippen molar-refractivity contribution >= 4 is 11.8 Å². The summed E-state index contributed by atoms with van der Waals surface area (Å²) in [7, 11) is 6.47. The molecular weight excluding hydrogens is 228 g/mol. The number of hydrogen-bond acceptors (Lipinski definition) is 3.